The molecule has 0 aliphatic rings. The molecule has 0 aliphatic heterocycles. The normalized spacial score (nSPS) is 13.1. The van der Waals surface area contributed by atoms with Crippen molar-refractivity contribution in [1.29, 1.82) is 0 Å². The van der Waals surface area contributed by atoms with E-state index in [4.69, 9.17) is 11.6 Å². The predicted octanol–water partition coefficient (Wildman–Crippen LogP) is 3.79. The lowest BCUT2D eigenvalue weighted by Crippen LogP contribution is -2.11. The van der Waals surface area contributed by atoms with Gasteiger partial charge in [-0.1, -0.05) is 6.92 Å². The highest BCUT2D eigenvalue weighted by atomic mass is 35.5. The van der Waals surface area contributed by atoms with Crippen molar-refractivity contribution in [2.24, 2.45) is 0 Å². The lowest BCUT2D eigenvalue weighted by molar-refractivity contribution is 0.601. The van der Waals surface area contributed by atoms with Crippen molar-refractivity contribution < 1.29 is 0 Å². The summed E-state index contributed by atoms with van der Waals surface area (Å²) < 4.78 is 2.18. The molecule has 0 spiro atoms. The van der Waals surface area contributed by atoms with Crippen LogP contribution in [0.15, 0.2) is 12.3 Å². The molecule has 2 heterocycles. The molecular formula is C13H18ClN3S. The van der Waals surface area contributed by atoms with Crippen LogP contribution in [0.3, 0.4) is 0 Å². The van der Waals surface area contributed by atoms with E-state index in [0.717, 1.165) is 34.1 Å². The van der Waals surface area contributed by atoms with Gasteiger partial charge in [0, 0.05) is 18.0 Å². The molecular weight excluding hydrogens is 266 g/mol. The maximum atomic E-state index is 6.02. The minimum Gasteiger partial charge on any atom is -0.308 e. The number of thioether (sulfide) groups is 1. The molecule has 0 aliphatic carbocycles. The third-order valence-electron chi connectivity index (χ3n) is 2.98. The summed E-state index contributed by atoms with van der Waals surface area (Å²) in [7, 11) is 0. The number of aromatic nitrogens is 3. The van der Waals surface area contributed by atoms with E-state index in [1.165, 1.54) is 0 Å². The summed E-state index contributed by atoms with van der Waals surface area (Å²) in [5, 5.41) is 0. The van der Waals surface area contributed by atoms with Crippen molar-refractivity contribution >= 4 is 34.5 Å². The zero-order chi connectivity index (χ0) is 13.1. The van der Waals surface area contributed by atoms with Crippen molar-refractivity contribution in [1.82, 2.24) is 14.5 Å². The number of hydrogen-bond donors (Lipinski definition) is 0. The monoisotopic (exact) mass is 283 g/mol. The number of halogens is 1. The van der Waals surface area contributed by atoms with Crippen LogP contribution in [0.25, 0.3) is 11.2 Å². The topological polar surface area (TPSA) is 30.7 Å². The zero-order valence-electron chi connectivity index (χ0n) is 11.0. The molecule has 0 N–H and O–H groups in total. The van der Waals surface area contributed by atoms with Gasteiger partial charge in [0.15, 0.2) is 5.65 Å². The highest BCUT2D eigenvalue weighted by molar-refractivity contribution is 7.99. The molecule has 0 amide bonds. The molecule has 2 rings (SSSR count). The van der Waals surface area contributed by atoms with E-state index in [9.17, 15) is 0 Å². The largest absolute Gasteiger partial charge is 0.308 e. The Labute approximate surface area is 117 Å². The molecule has 1 unspecified atom stereocenters. The Morgan fingerprint density at radius 1 is 1.50 bits per heavy atom. The average molecular weight is 284 g/mol. The fourth-order valence-corrected chi connectivity index (χ4v) is 2.99. The van der Waals surface area contributed by atoms with Gasteiger partial charge < -0.3 is 4.57 Å². The third kappa shape index (κ3) is 2.50. The number of fused-ring (bicyclic) bond motifs is 1. The molecule has 98 valence electrons. The molecule has 5 heteroatoms. The van der Waals surface area contributed by atoms with E-state index >= 15 is 0 Å². The number of hydrogen-bond acceptors (Lipinski definition) is 3. The van der Waals surface area contributed by atoms with Crippen molar-refractivity contribution in [3.8, 4) is 0 Å². The van der Waals surface area contributed by atoms with Gasteiger partial charge in [0.1, 0.15) is 11.3 Å². The van der Waals surface area contributed by atoms with Gasteiger partial charge in [-0.15, -0.1) is 11.6 Å². The van der Waals surface area contributed by atoms with Crippen LogP contribution in [0.4, 0.5) is 0 Å². The number of imidazole rings is 1. The van der Waals surface area contributed by atoms with E-state index in [1.54, 1.807) is 0 Å². The highest BCUT2D eigenvalue weighted by Crippen LogP contribution is 2.24. The van der Waals surface area contributed by atoms with Crippen LogP contribution in [0.5, 0.6) is 0 Å². The van der Waals surface area contributed by atoms with Gasteiger partial charge in [-0.2, -0.15) is 11.8 Å². The lowest BCUT2D eigenvalue weighted by atomic mass is 10.2. The van der Waals surface area contributed by atoms with Crippen LogP contribution < -0.4 is 0 Å². The average Bonchev–Trinajstić information content (AvgIpc) is 2.76. The Morgan fingerprint density at radius 3 is 2.94 bits per heavy atom. The number of aryl methyl sites for hydroxylation is 1. The van der Waals surface area contributed by atoms with Crippen molar-refractivity contribution in [2.45, 2.75) is 32.7 Å². The SMILES string of the molecule is CCSCC(C)n1c(CCl)nc2c(C)ccnc21. The molecule has 0 saturated heterocycles. The molecule has 0 saturated carbocycles. The Hall–Kier alpha value is -0.740. The van der Waals surface area contributed by atoms with Crippen molar-refractivity contribution in [3.63, 3.8) is 0 Å². The number of rotatable bonds is 5. The Kier molecular flexibility index (Phi) is 4.51. The Morgan fingerprint density at radius 2 is 2.28 bits per heavy atom. The molecule has 0 bridgehead atoms. The predicted molar refractivity (Wildman–Crippen MR) is 79.5 cm³/mol. The molecule has 0 radical (unpaired) electrons. The van der Waals surface area contributed by atoms with Gasteiger partial charge in [0.05, 0.1) is 5.88 Å². The first kappa shape index (κ1) is 13.7. The van der Waals surface area contributed by atoms with Crippen LogP contribution in [-0.4, -0.2) is 26.0 Å². The molecule has 18 heavy (non-hydrogen) atoms. The van der Waals surface area contributed by atoms with Gasteiger partial charge in [-0.3, -0.25) is 0 Å². The quantitative estimate of drug-likeness (QED) is 0.782. The molecule has 2 aromatic heterocycles. The molecule has 0 fully saturated rings. The van der Waals surface area contributed by atoms with E-state index in [2.05, 4.69) is 35.3 Å². The van der Waals surface area contributed by atoms with E-state index in [1.807, 2.05) is 24.0 Å². The number of nitrogens with zero attached hydrogens (tertiary/aromatic N) is 3. The van der Waals surface area contributed by atoms with E-state index < -0.39 is 0 Å². The van der Waals surface area contributed by atoms with Gasteiger partial charge in [0.25, 0.3) is 0 Å². The second-order valence-electron chi connectivity index (χ2n) is 4.34. The van der Waals surface area contributed by atoms with Gasteiger partial charge in [-0.05, 0) is 31.2 Å². The van der Waals surface area contributed by atoms with Crippen LogP contribution in [0, 0.1) is 6.92 Å². The summed E-state index contributed by atoms with van der Waals surface area (Å²) in [6.45, 7) is 6.43. The van der Waals surface area contributed by atoms with Gasteiger partial charge in [-0.25, -0.2) is 9.97 Å². The minimum atomic E-state index is 0.364. The number of pyridine rings is 1. The summed E-state index contributed by atoms with van der Waals surface area (Å²) in [4.78, 5) is 9.09. The first-order valence-electron chi connectivity index (χ1n) is 6.15. The summed E-state index contributed by atoms with van der Waals surface area (Å²) >= 11 is 7.94. The standard InChI is InChI=1S/C13H18ClN3S/c1-4-18-8-10(3)17-11(7-14)16-12-9(2)5-6-15-13(12)17/h5-6,10H,4,7-8H2,1-3H3. The third-order valence-corrected chi connectivity index (χ3v) is 4.34. The summed E-state index contributed by atoms with van der Waals surface area (Å²) in [6, 6.07) is 2.35. The van der Waals surface area contributed by atoms with Crippen LogP contribution in [-0.2, 0) is 5.88 Å². The highest BCUT2D eigenvalue weighted by Gasteiger charge is 2.17. The van der Waals surface area contributed by atoms with Crippen LogP contribution in [0.1, 0.15) is 31.3 Å². The lowest BCUT2D eigenvalue weighted by Gasteiger charge is -2.15. The van der Waals surface area contributed by atoms with Gasteiger partial charge in [0.2, 0.25) is 0 Å². The first-order valence-corrected chi connectivity index (χ1v) is 7.84. The van der Waals surface area contributed by atoms with E-state index in [-0.39, 0.29) is 0 Å². The maximum Gasteiger partial charge on any atom is 0.160 e. The minimum absolute atomic E-state index is 0.364. The maximum absolute atomic E-state index is 6.02. The Balaban J connectivity index is 2.50. The molecule has 1 atom stereocenters. The zero-order valence-corrected chi connectivity index (χ0v) is 12.6. The molecule has 2 aromatic rings. The summed E-state index contributed by atoms with van der Waals surface area (Å²) in [6.07, 6.45) is 1.84. The van der Waals surface area contributed by atoms with Crippen molar-refractivity contribution in [2.75, 3.05) is 11.5 Å². The summed E-state index contributed by atoms with van der Waals surface area (Å²) in [5.74, 6) is 3.52. The van der Waals surface area contributed by atoms with Crippen LogP contribution >= 0.6 is 23.4 Å². The second-order valence-corrected chi connectivity index (χ2v) is 5.93. The van der Waals surface area contributed by atoms with E-state index in [0.29, 0.717) is 11.9 Å². The fraction of sp³-hybridized carbons (Fsp3) is 0.538. The summed E-state index contributed by atoms with van der Waals surface area (Å²) in [5.41, 5.74) is 3.08. The first-order chi connectivity index (χ1) is 8.69. The Bertz CT molecular complexity index is 538. The number of alkyl halides is 1. The van der Waals surface area contributed by atoms with Crippen molar-refractivity contribution in [3.05, 3.63) is 23.7 Å². The molecule has 3 nitrogen and oxygen atoms in total. The van der Waals surface area contributed by atoms with Crippen LogP contribution in [0.2, 0.25) is 0 Å². The smallest absolute Gasteiger partial charge is 0.160 e. The second kappa shape index (κ2) is 5.93. The molecule has 0 aromatic carbocycles. The van der Waals surface area contributed by atoms with Gasteiger partial charge >= 0.3 is 0 Å². The fourth-order valence-electron chi connectivity index (χ4n) is 2.08.